The molecular weight excluding hydrogens is 244 g/mol. The quantitative estimate of drug-likeness (QED) is 0.587. The van der Waals surface area contributed by atoms with Crippen LogP contribution in [0.15, 0.2) is 6.07 Å². The van der Waals surface area contributed by atoms with Crippen LogP contribution in [-0.2, 0) is 21.9 Å². The average Bonchev–Trinajstić information content (AvgIpc) is 2.70. The smallest absolute Gasteiger partial charge is 0.356 e. The second-order valence-corrected chi connectivity index (χ2v) is 5.47. The van der Waals surface area contributed by atoms with Gasteiger partial charge in [0.15, 0.2) is 0 Å². The van der Waals surface area contributed by atoms with Crippen molar-refractivity contribution in [2.45, 2.75) is 39.5 Å². The normalized spacial score (nSPS) is 11.6. The van der Waals surface area contributed by atoms with Gasteiger partial charge in [-0.25, -0.2) is 4.79 Å². The molecule has 0 bridgehead atoms. The summed E-state index contributed by atoms with van der Waals surface area (Å²) in [5, 5.41) is 4.35. The average molecular weight is 268 g/mol. The largest absolute Gasteiger partial charge is 0.461 e. The maximum atomic E-state index is 11.9. The predicted molar refractivity (Wildman–Crippen MR) is 73.3 cm³/mol. The van der Waals surface area contributed by atoms with E-state index in [4.69, 9.17) is 9.47 Å². The van der Waals surface area contributed by atoms with Gasteiger partial charge >= 0.3 is 5.97 Å². The maximum Gasteiger partial charge on any atom is 0.356 e. The Labute approximate surface area is 114 Å². The maximum absolute atomic E-state index is 11.9. The van der Waals surface area contributed by atoms with Crippen LogP contribution in [0.25, 0.3) is 0 Å². The monoisotopic (exact) mass is 268 g/mol. The standard InChI is InChI=1S/C14H24N2O3/c1-6-18-8-7-9-19-13(17)11-10-12(14(2,3)4)15-16(11)5/h10H,6-9H2,1-5H3. The van der Waals surface area contributed by atoms with Crippen molar-refractivity contribution in [1.29, 1.82) is 0 Å². The van der Waals surface area contributed by atoms with E-state index >= 15 is 0 Å². The molecule has 0 spiro atoms. The van der Waals surface area contributed by atoms with E-state index in [1.807, 2.05) is 6.92 Å². The molecule has 0 N–H and O–H groups in total. The minimum Gasteiger partial charge on any atom is -0.461 e. The lowest BCUT2D eigenvalue weighted by atomic mass is 9.92. The molecule has 0 aliphatic heterocycles. The Balaban J connectivity index is 2.55. The predicted octanol–water partition coefficient (Wildman–Crippen LogP) is 2.30. The summed E-state index contributed by atoms with van der Waals surface area (Å²) in [5.74, 6) is -0.331. The second-order valence-electron chi connectivity index (χ2n) is 5.47. The summed E-state index contributed by atoms with van der Waals surface area (Å²) in [6, 6.07) is 1.80. The SMILES string of the molecule is CCOCCCOC(=O)c1cc(C(C)(C)C)nn1C. The Morgan fingerprint density at radius 1 is 1.37 bits per heavy atom. The van der Waals surface area contributed by atoms with E-state index < -0.39 is 0 Å². The number of rotatable bonds is 6. The number of aryl methyl sites for hydroxylation is 1. The fraction of sp³-hybridized carbons (Fsp3) is 0.714. The lowest BCUT2D eigenvalue weighted by Gasteiger charge is -2.13. The Morgan fingerprint density at radius 3 is 2.58 bits per heavy atom. The molecule has 5 heteroatoms. The molecule has 0 radical (unpaired) electrons. The fourth-order valence-corrected chi connectivity index (χ4v) is 1.57. The molecule has 0 aliphatic carbocycles. The van der Waals surface area contributed by atoms with Gasteiger partial charge in [-0.05, 0) is 13.0 Å². The lowest BCUT2D eigenvalue weighted by Crippen LogP contribution is -2.12. The van der Waals surface area contributed by atoms with E-state index in [1.165, 1.54) is 0 Å². The van der Waals surface area contributed by atoms with Gasteiger partial charge in [0.1, 0.15) is 5.69 Å². The Morgan fingerprint density at radius 2 is 2.05 bits per heavy atom. The first kappa shape index (κ1) is 15.7. The number of ether oxygens (including phenoxy) is 2. The topological polar surface area (TPSA) is 53.4 Å². The van der Waals surface area contributed by atoms with Gasteiger partial charge in [0.2, 0.25) is 0 Å². The summed E-state index contributed by atoms with van der Waals surface area (Å²) in [4.78, 5) is 11.9. The molecule has 5 nitrogen and oxygen atoms in total. The first-order valence-electron chi connectivity index (χ1n) is 6.65. The van der Waals surface area contributed by atoms with E-state index in [0.29, 0.717) is 31.9 Å². The van der Waals surface area contributed by atoms with Crippen molar-refractivity contribution in [2.75, 3.05) is 19.8 Å². The van der Waals surface area contributed by atoms with Gasteiger partial charge in [0.25, 0.3) is 0 Å². The van der Waals surface area contributed by atoms with Crippen LogP contribution in [0, 0.1) is 0 Å². The number of esters is 1. The molecule has 1 rings (SSSR count). The first-order chi connectivity index (χ1) is 8.86. The zero-order valence-corrected chi connectivity index (χ0v) is 12.5. The summed E-state index contributed by atoms with van der Waals surface area (Å²) >= 11 is 0. The van der Waals surface area contributed by atoms with E-state index in [9.17, 15) is 4.79 Å². The number of nitrogens with zero attached hydrogens (tertiary/aromatic N) is 2. The molecule has 0 saturated carbocycles. The molecule has 0 aliphatic rings. The minimum absolute atomic E-state index is 0.0781. The van der Waals surface area contributed by atoms with Crippen LogP contribution >= 0.6 is 0 Å². The van der Waals surface area contributed by atoms with Gasteiger partial charge in [-0.1, -0.05) is 20.8 Å². The third-order valence-corrected chi connectivity index (χ3v) is 2.73. The number of aromatic nitrogens is 2. The van der Waals surface area contributed by atoms with Crippen molar-refractivity contribution in [1.82, 2.24) is 9.78 Å². The van der Waals surface area contributed by atoms with Gasteiger partial charge < -0.3 is 9.47 Å². The number of carbonyl (C=O) groups excluding carboxylic acids is 1. The van der Waals surface area contributed by atoms with Gasteiger partial charge in [-0.3, -0.25) is 4.68 Å². The van der Waals surface area contributed by atoms with E-state index in [1.54, 1.807) is 17.8 Å². The lowest BCUT2D eigenvalue weighted by molar-refractivity contribution is 0.0440. The number of carbonyl (C=O) groups is 1. The van der Waals surface area contributed by atoms with Gasteiger partial charge in [0.05, 0.1) is 12.3 Å². The molecule has 0 fully saturated rings. The van der Waals surface area contributed by atoms with Crippen LogP contribution in [0.5, 0.6) is 0 Å². The molecule has 0 atom stereocenters. The van der Waals surface area contributed by atoms with Gasteiger partial charge in [-0.15, -0.1) is 0 Å². The van der Waals surface area contributed by atoms with Crippen molar-refractivity contribution >= 4 is 5.97 Å². The highest BCUT2D eigenvalue weighted by atomic mass is 16.5. The van der Waals surface area contributed by atoms with Gasteiger partial charge in [0, 0.05) is 32.1 Å². The summed E-state index contributed by atoms with van der Waals surface area (Å²) in [7, 11) is 1.76. The van der Waals surface area contributed by atoms with Crippen LogP contribution in [0.1, 0.15) is 50.3 Å². The molecule has 0 amide bonds. The van der Waals surface area contributed by atoms with Crippen molar-refractivity contribution < 1.29 is 14.3 Å². The molecule has 1 aromatic heterocycles. The number of hydrogen-bond acceptors (Lipinski definition) is 4. The van der Waals surface area contributed by atoms with Crippen LogP contribution in [0.4, 0.5) is 0 Å². The molecule has 108 valence electrons. The summed E-state index contributed by atoms with van der Waals surface area (Å²) in [5.41, 5.74) is 1.29. The van der Waals surface area contributed by atoms with Crippen LogP contribution in [0.2, 0.25) is 0 Å². The van der Waals surface area contributed by atoms with Crippen LogP contribution in [0.3, 0.4) is 0 Å². The third kappa shape index (κ3) is 4.67. The molecular formula is C14H24N2O3. The number of hydrogen-bond donors (Lipinski definition) is 0. The van der Waals surface area contributed by atoms with E-state index in [2.05, 4.69) is 25.9 Å². The van der Waals surface area contributed by atoms with Crippen LogP contribution in [-0.4, -0.2) is 35.6 Å². The van der Waals surface area contributed by atoms with Gasteiger partial charge in [-0.2, -0.15) is 5.10 Å². The summed E-state index contributed by atoms with van der Waals surface area (Å²) < 4.78 is 12.0. The zero-order valence-electron chi connectivity index (χ0n) is 12.5. The first-order valence-corrected chi connectivity index (χ1v) is 6.65. The molecule has 0 aromatic carbocycles. The summed E-state index contributed by atoms with van der Waals surface area (Å²) in [6.45, 7) is 9.79. The molecule has 1 aromatic rings. The second kappa shape index (κ2) is 6.70. The van der Waals surface area contributed by atoms with Crippen molar-refractivity contribution in [2.24, 2.45) is 7.05 Å². The summed E-state index contributed by atoms with van der Waals surface area (Å²) in [6.07, 6.45) is 0.712. The fourth-order valence-electron chi connectivity index (χ4n) is 1.57. The minimum atomic E-state index is -0.331. The Hall–Kier alpha value is -1.36. The molecule has 0 unspecified atom stereocenters. The third-order valence-electron chi connectivity index (χ3n) is 2.73. The highest BCUT2D eigenvalue weighted by molar-refractivity contribution is 5.87. The Bertz CT molecular complexity index is 419. The Kier molecular flexibility index (Phi) is 5.54. The van der Waals surface area contributed by atoms with E-state index in [0.717, 1.165) is 5.69 Å². The van der Waals surface area contributed by atoms with Crippen LogP contribution < -0.4 is 0 Å². The molecule has 0 saturated heterocycles. The molecule has 1 heterocycles. The van der Waals surface area contributed by atoms with Crippen molar-refractivity contribution in [3.05, 3.63) is 17.5 Å². The zero-order chi connectivity index (χ0) is 14.5. The van der Waals surface area contributed by atoms with Crippen molar-refractivity contribution in [3.63, 3.8) is 0 Å². The van der Waals surface area contributed by atoms with E-state index in [-0.39, 0.29) is 11.4 Å². The molecule has 19 heavy (non-hydrogen) atoms. The highest BCUT2D eigenvalue weighted by Gasteiger charge is 2.22. The highest BCUT2D eigenvalue weighted by Crippen LogP contribution is 2.21. The van der Waals surface area contributed by atoms with Crippen molar-refractivity contribution in [3.8, 4) is 0 Å².